The van der Waals surface area contributed by atoms with E-state index in [1.165, 1.54) is 0 Å². The highest BCUT2D eigenvalue weighted by Crippen LogP contribution is 2.34. The van der Waals surface area contributed by atoms with E-state index in [2.05, 4.69) is 36.7 Å². The summed E-state index contributed by atoms with van der Waals surface area (Å²) >= 11 is 0. The molecule has 2 unspecified atom stereocenters. The van der Waals surface area contributed by atoms with Crippen molar-refractivity contribution >= 4 is 5.82 Å². The van der Waals surface area contributed by atoms with E-state index in [0.717, 1.165) is 42.3 Å². The molecule has 1 fully saturated rings. The van der Waals surface area contributed by atoms with E-state index in [-0.39, 0.29) is 17.4 Å². The average Bonchev–Trinajstić information content (AvgIpc) is 3.12. The van der Waals surface area contributed by atoms with Crippen LogP contribution in [0.2, 0.25) is 0 Å². The molecule has 142 valence electrons. The standard InChI is InChI=1S/C22H28N4O/c1-22(2,3)21-24-17(15-27-4)13-20(25-21)26-12-8-11-19(26)18(14-23)16-9-6-5-7-10-16/h5-7,9-10,13,18-19H,8,11-12,15H2,1-4H3. The van der Waals surface area contributed by atoms with Crippen LogP contribution in [0.25, 0.3) is 0 Å². The Morgan fingerprint density at radius 2 is 2.00 bits per heavy atom. The van der Waals surface area contributed by atoms with Gasteiger partial charge in [0, 0.05) is 25.1 Å². The van der Waals surface area contributed by atoms with Crippen LogP contribution in [0.5, 0.6) is 0 Å². The van der Waals surface area contributed by atoms with Gasteiger partial charge in [0.25, 0.3) is 0 Å². The van der Waals surface area contributed by atoms with Crippen LogP contribution in [0.4, 0.5) is 5.82 Å². The Hall–Kier alpha value is -2.45. The molecule has 5 nitrogen and oxygen atoms in total. The van der Waals surface area contributed by atoms with Gasteiger partial charge in [-0.1, -0.05) is 51.1 Å². The fraction of sp³-hybridized carbons (Fsp3) is 0.500. The average molecular weight is 364 g/mol. The minimum absolute atomic E-state index is 0.121. The molecule has 0 saturated carbocycles. The molecule has 27 heavy (non-hydrogen) atoms. The van der Waals surface area contributed by atoms with E-state index in [1.54, 1.807) is 7.11 Å². The normalized spacial score (nSPS) is 18.3. The van der Waals surface area contributed by atoms with E-state index in [0.29, 0.717) is 6.61 Å². The van der Waals surface area contributed by atoms with E-state index in [1.807, 2.05) is 36.4 Å². The van der Waals surface area contributed by atoms with Gasteiger partial charge in [0.2, 0.25) is 0 Å². The van der Waals surface area contributed by atoms with Crippen LogP contribution < -0.4 is 4.90 Å². The summed E-state index contributed by atoms with van der Waals surface area (Å²) < 4.78 is 5.32. The maximum Gasteiger partial charge on any atom is 0.136 e. The Kier molecular flexibility index (Phi) is 5.76. The number of nitrogens with zero attached hydrogens (tertiary/aromatic N) is 4. The highest BCUT2D eigenvalue weighted by molar-refractivity contribution is 5.46. The van der Waals surface area contributed by atoms with Crippen LogP contribution in [-0.4, -0.2) is 29.7 Å². The first kappa shape index (κ1) is 19.3. The third kappa shape index (κ3) is 4.28. The minimum Gasteiger partial charge on any atom is -0.378 e. The summed E-state index contributed by atoms with van der Waals surface area (Å²) in [6.07, 6.45) is 2.05. The van der Waals surface area contributed by atoms with E-state index in [4.69, 9.17) is 9.72 Å². The zero-order chi connectivity index (χ0) is 19.4. The van der Waals surface area contributed by atoms with Gasteiger partial charge in [-0.15, -0.1) is 0 Å². The Balaban J connectivity index is 1.99. The predicted molar refractivity (Wildman–Crippen MR) is 107 cm³/mol. The molecule has 1 aliphatic heterocycles. The van der Waals surface area contributed by atoms with Gasteiger partial charge < -0.3 is 9.64 Å². The molecule has 0 radical (unpaired) electrons. The van der Waals surface area contributed by atoms with Gasteiger partial charge >= 0.3 is 0 Å². The van der Waals surface area contributed by atoms with Gasteiger partial charge in [-0.25, -0.2) is 9.97 Å². The fourth-order valence-electron chi connectivity index (χ4n) is 3.65. The molecule has 5 heteroatoms. The van der Waals surface area contributed by atoms with Gasteiger partial charge in [0.05, 0.1) is 30.3 Å². The lowest BCUT2D eigenvalue weighted by Crippen LogP contribution is -2.35. The summed E-state index contributed by atoms with van der Waals surface area (Å²) in [7, 11) is 1.68. The van der Waals surface area contributed by atoms with Crippen molar-refractivity contribution in [1.29, 1.82) is 5.26 Å². The molecule has 0 spiro atoms. The second-order valence-corrected chi connectivity index (χ2v) is 8.14. The Morgan fingerprint density at radius 3 is 2.63 bits per heavy atom. The molecule has 0 aliphatic carbocycles. The molecule has 1 aromatic carbocycles. The van der Waals surface area contributed by atoms with Crippen molar-refractivity contribution in [3.05, 3.63) is 53.5 Å². The molecular formula is C22H28N4O. The number of hydrogen-bond donors (Lipinski definition) is 0. The Labute approximate surface area is 162 Å². The van der Waals surface area contributed by atoms with Crippen molar-refractivity contribution in [3.8, 4) is 6.07 Å². The summed E-state index contributed by atoms with van der Waals surface area (Å²) in [4.78, 5) is 11.9. The van der Waals surface area contributed by atoms with Crippen molar-refractivity contribution in [2.24, 2.45) is 0 Å². The highest BCUT2D eigenvalue weighted by Gasteiger charge is 2.34. The first-order valence-corrected chi connectivity index (χ1v) is 9.52. The first-order chi connectivity index (χ1) is 12.9. The predicted octanol–water partition coefficient (Wildman–Crippen LogP) is 4.20. The lowest BCUT2D eigenvalue weighted by atomic mass is 9.91. The van der Waals surface area contributed by atoms with Gasteiger partial charge in [0.15, 0.2) is 0 Å². The molecule has 2 atom stereocenters. The minimum atomic E-state index is -0.173. The number of nitriles is 1. The topological polar surface area (TPSA) is 62.0 Å². The van der Waals surface area contributed by atoms with Crippen molar-refractivity contribution in [3.63, 3.8) is 0 Å². The van der Waals surface area contributed by atoms with E-state index < -0.39 is 0 Å². The molecule has 0 N–H and O–H groups in total. The number of aromatic nitrogens is 2. The molecule has 1 saturated heterocycles. The lowest BCUT2D eigenvalue weighted by Gasteiger charge is -2.30. The molecule has 0 amide bonds. The molecule has 1 aliphatic rings. The zero-order valence-electron chi connectivity index (χ0n) is 16.6. The van der Waals surface area contributed by atoms with Crippen LogP contribution in [0.1, 0.15) is 56.6 Å². The summed E-state index contributed by atoms with van der Waals surface area (Å²) in [6.45, 7) is 7.71. The van der Waals surface area contributed by atoms with Crippen LogP contribution >= 0.6 is 0 Å². The number of ether oxygens (including phenoxy) is 1. The number of rotatable bonds is 5. The third-order valence-corrected chi connectivity index (χ3v) is 5.00. The quantitative estimate of drug-likeness (QED) is 0.796. The van der Waals surface area contributed by atoms with E-state index >= 15 is 0 Å². The third-order valence-electron chi connectivity index (χ3n) is 5.00. The molecule has 2 aromatic rings. The zero-order valence-corrected chi connectivity index (χ0v) is 16.6. The van der Waals surface area contributed by atoms with Crippen LogP contribution in [-0.2, 0) is 16.8 Å². The van der Waals surface area contributed by atoms with Crippen LogP contribution in [0.15, 0.2) is 36.4 Å². The van der Waals surface area contributed by atoms with Crippen LogP contribution in [0, 0.1) is 11.3 Å². The number of anilines is 1. The molecule has 3 rings (SSSR count). The van der Waals surface area contributed by atoms with Crippen molar-refractivity contribution in [1.82, 2.24) is 9.97 Å². The number of benzene rings is 1. The molecule has 1 aromatic heterocycles. The largest absolute Gasteiger partial charge is 0.378 e. The van der Waals surface area contributed by atoms with Gasteiger partial charge in [0.1, 0.15) is 11.6 Å². The van der Waals surface area contributed by atoms with Crippen molar-refractivity contribution < 1.29 is 4.74 Å². The summed E-state index contributed by atoms with van der Waals surface area (Å²) in [6, 6.07) is 14.7. The summed E-state index contributed by atoms with van der Waals surface area (Å²) in [5, 5.41) is 9.90. The SMILES string of the molecule is COCc1cc(N2CCCC2C(C#N)c2ccccc2)nc(C(C)(C)C)n1. The highest BCUT2D eigenvalue weighted by atomic mass is 16.5. The molecular weight excluding hydrogens is 336 g/mol. The van der Waals surface area contributed by atoms with E-state index in [9.17, 15) is 5.26 Å². The van der Waals surface area contributed by atoms with Gasteiger partial charge in [-0.05, 0) is 18.4 Å². The Morgan fingerprint density at radius 1 is 1.26 bits per heavy atom. The monoisotopic (exact) mass is 364 g/mol. The maximum absolute atomic E-state index is 9.90. The second kappa shape index (κ2) is 8.06. The first-order valence-electron chi connectivity index (χ1n) is 9.52. The van der Waals surface area contributed by atoms with Crippen LogP contribution in [0.3, 0.4) is 0 Å². The summed E-state index contributed by atoms with van der Waals surface area (Å²) in [5.41, 5.74) is 1.80. The molecule has 0 bridgehead atoms. The van der Waals surface area contributed by atoms with Crippen molar-refractivity contribution in [2.45, 2.75) is 57.6 Å². The van der Waals surface area contributed by atoms with Gasteiger partial charge in [-0.3, -0.25) is 0 Å². The Bertz CT molecular complexity index is 807. The maximum atomic E-state index is 9.90. The number of methoxy groups -OCH3 is 1. The number of hydrogen-bond acceptors (Lipinski definition) is 5. The van der Waals surface area contributed by atoms with Crippen molar-refractivity contribution in [2.75, 3.05) is 18.6 Å². The second-order valence-electron chi connectivity index (χ2n) is 8.14. The smallest absolute Gasteiger partial charge is 0.136 e. The lowest BCUT2D eigenvalue weighted by molar-refractivity contribution is 0.181. The van der Waals surface area contributed by atoms with Gasteiger partial charge in [-0.2, -0.15) is 5.26 Å². The molecule has 2 heterocycles. The summed E-state index contributed by atoms with van der Waals surface area (Å²) in [5.74, 6) is 1.54. The fourth-order valence-corrected chi connectivity index (χ4v) is 3.65.